The van der Waals surface area contributed by atoms with Gasteiger partial charge in [0.15, 0.2) is 0 Å². The van der Waals surface area contributed by atoms with Crippen LogP contribution < -0.4 is 5.32 Å². The molecule has 18 heavy (non-hydrogen) atoms. The van der Waals surface area contributed by atoms with Gasteiger partial charge in [0.1, 0.15) is 0 Å². The number of para-hydroxylation sites is 1. The number of hydrogen-bond acceptors (Lipinski definition) is 2. The number of hydrogen-bond donors (Lipinski definition) is 1. The molecule has 1 aliphatic carbocycles. The molecule has 0 spiro atoms. The Balaban J connectivity index is 1.91. The Morgan fingerprint density at radius 2 is 1.83 bits per heavy atom. The van der Waals surface area contributed by atoms with Gasteiger partial charge in [-0.25, -0.2) is 0 Å². The van der Waals surface area contributed by atoms with E-state index < -0.39 is 0 Å². The molecule has 2 heteroatoms. The standard InChI is InChI=1S/C16H26N2/c1-18(2)13-15-10-6-7-11-16(15)17-12-14-8-4-3-5-9-14/h6-7,10-11,14,17H,3-5,8-9,12-13H2,1-2H3. The van der Waals surface area contributed by atoms with Gasteiger partial charge in [-0.15, -0.1) is 0 Å². The smallest absolute Gasteiger partial charge is 0.0385 e. The first-order valence-electron chi connectivity index (χ1n) is 7.22. The summed E-state index contributed by atoms with van der Waals surface area (Å²) >= 11 is 0. The maximum Gasteiger partial charge on any atom is 0.0385 e. The van der Waals surface area contributed by atoms with Crippen LogP contribution in [0.15, 0.2) is 24.3 Å². The van der Waals surface area contributed by atoms with Crippen molar-refractivity contribution in [2.24, 2.45) is 5.92 Å². The second-order valence-electron chi connectivity index (χ2n) is 5.78. The van der Waals surface area contributed by atoms with Crippen LogP contribution in [-0.2, 0) is 6.54 Å². The first-order chi connectivity index (χ1) is 8.75. The second-order valence-corrected chi connectivity index (χ2v) is 5.78. The van der Waals surface area contributed by atoms with Crippen LogP contribution in [-0.4, -0.2) is 25.5 Å². The summed E-state index contributed by atoms with van der Waals surface area (Å²) in [5.41, 5.74) is 2.72. The molecule has 1 saturated carbocycles. The highest BCUT2D eigenvalue weighted by Crippen LogP contribution is 2.25. The van der Waals surface area contributed by atoms with Crippen LogP contribution >= 0.6 is 0 Å². The van der Waals surface area contributed by atoms with Crippen LogP contribution in [0.25, 0.3) is 0 Å². The van der Waals surface area contributed by atoms with Crippen LogP contribution in [0.2, 0.25) is 0 Å². The van der Waals surface area contributed by atoms with Gasteiger partial charge in [-0.1, -0.05) is 37.5 Å². The minimum atomic E-state index is 0.881. The molecule has 1 N–H and O–H groups in total. The Labute approximate surface area is 111 Å². The van der Waals surface area contributed by atoms with Crippen molar-refractivity contribution in [3.63, 3.8) is 0 Å². The topological polar surface area (TPSA) is 15.3 Å². The highest BCUT2D eigenvalue weighted by atomic mass is 15.1. The molecule has 0 unspecified atom stereocenters. The van der Waals surface area contributed by atoms with E-state index >= 15 is 0 Å². The van der Waals surface area contributed by atoms with Gasteiger partial charge < -0.3 is 10.2 Å². The van der Waals surface area contributed by atoms with E-state index in [2.05, 4.69) is 48.6 Å². The highest BCUT2D eigenvalue weighted by molar-refractivity contribution is 5.51. The van der Waals surface area contributed by atoms with Gasteiger partial charge in [-0.3, -0.25) is 0 Å². The lowest BCUT2D eigenvalue weighted by atomic mass is 9.89. The van der Waals surface area contributed by atoms with Crippen molar-refractivity contribution in [2.75, 3.05) is 26.0 Å². The van der Waals surface area contributed by atoms with Crippen LogP contribution in [0.4, 0.5) is 5.69 Å². The lowest BCUT2D eigenvalue weighted by Gasteiger charge is -2.23. The van der Waals surface area contributed by atoms with Crippen molar-refractivity contribution >= 4 is 5.69 Å². The third-order valence-electron chi connectivity index (χ3n) is 3.81. The molecule has 1 aliphatic rings. The first-order valence-corrected chi connectivity index (χ1v) is 7.22. The van der Waals surface area contributed by atoms with Gasteiger partial charge in [-0.2, -0.15) is 0 Å². The van der Waals surface area contributed by atoms with Crippen LogP contribution in [0, 0.1) is 5.92 Å². The van der Waals surface area contributed by atoms with Crippen LogP contribution in [0.1, 0.15) is 37.7 Å². The largest absolute Gasteiger partial charge is 0.385 e. The molecule has 1 aromatic rings. The van der Waals surface area contributed by atoms with Crippen molar-refractivity contribution in [3.05, 3.63) is 29.8 Å². The van der Waals surface area contributed by atoms with Gasteiger partial charge in [-0.05, 0) is 44.5 Å². The van der Waals surface area contributed by atoms with Crippen molar-refractivity contribution in [2.45, 2.75) is 38.6 Å². The van der Waals surface area contributed by atoms with Crippen molar-refractivity contribution in [1.82, 2.24) is 4.90 Å². The zero-order valence-corrected chi connectivity index (χ0v) is 11.8. The molecule has 1 fully saturated rings. The van der Waals surface area contributed by atoms with Gasteiger partial charge in [0, 0.05) is 18.8 Å². The van der Waals surface area contributed by atoms with E-state index in [0.29, 0.717) is 0 Å². The van der Waals surface area contributed by atoms with Crippen LogP contribution in [0.5, 0.6) is 0 Å². The fourth-order valence-electron chi connectivity index (χ4n) is 2.82. The summed E-state index contributed by atoms with van der Waals surface area (Å²) in [4.78, 5) is 2.22. The van der Waals surface area contributed by atoms with E-state index in [1.807, 2.05) is 0 Å². The minimum absolute atomic E-state index is 0.881. The lowest BCUT2D eigenvalue weighted by Crippen LogP contribution is -2.19. The first kappa shape index (κ1) is 13.4. The molecule has 100 valence electrons. The van der Waals surface area contributed by atoms with E-state index in [0.717, 1.165) is 19.0 Å². The van der Waals surface area contributed by atoms with E-state index in [1.54, 1.807) is 0 Å². The van der Waals surface area contributed by atoms with E-state index in [1.165, 1.54) is 43.4 Å². The molecular weight excluding hydrogens is 220 g/mol. The fourth-order valence-corrected chi connectivity index (χ4v) is 2.82. The Kier molecular flexibility index (Phi) is 5.06. The van der Waals surface area contributed by atoms with Gasteiger partial charge in [0.2, 0.25) is 0 Å². The average Bonchev–Trinajstić information content (AvgIpc) is 2.38. The predicted molar refractivity (Wildman–Crippen MR) is 78.9 cm³/mol. The summed E-state index contributed by atoms with van der Waals surface area (Å²) in [6.07, 6.45) is 7.09. The SMILES string of the molecule is CN(C)Cc1ccccc1NCC1CCCCC1. The maximum atomic E-state index is 3.66. The summed E-state index contributed by atoms with van der Waals surface area (Å²) < 4.78 is 0. The molecule has 0 amide bonds. The molecule has 0 aliphatic heterocycles. The number of benzene rings is 1. The lowest BCUT2D eigenvalue weighted by molar-refractivity contribution is 0.373. The van der Waals surface area contributed by atoms with E-state index in [4.69, 9.17) is 0 Å². The number of anilines is 1. The van der Waals surface area contributed by atoms with E-state index in [9.17, 15) is 0 Å². The monoisotopic (exact) mass is 246 g/mol. The van der Waals surface area contributed by atoms with E-state index in [-0.39, 0.29) is 0 Å². The number of nitrogens with zero attached hydrogens (tertiary/aromatic N) is 1. The normalized spacial score (nSPS) is 17.1. The molecule has 0 aromatic heterocycles. The average molecular weight is 246 g/mol. The summed E-state index contributed by atoms with van der Waals surface area (Å²) in [6.45, 7) is 2.15. The Morgan fingerprint density at radius 1 is 1.11 bits per heavy atom. The molecule has 0 radical (unpaired) electrons. The minimum Gasteiger partial charge on any atom is -0.385 e. The molecule has 1 aromatic carbocycles. The Hall–Kier alpha value is -1.02. The summed E-state index contributed by atoms with van der Waals surface area (Å²) in [7, 11) is 4.25. The number of rotatable bonds is 5. The third kappa shape index (κ3) is 4.02. The molecule has 0 atom stereocenters. The quantitative estimate of drug-likeness (QED) is 0.851. The second kappa shape index (κ2) is 6.79. The maximum absolute atomic E-state index is 3.66. The summed E-state index contributed by atoms with van der Waals surface area (Å²) in [5, 5.41) is 3.66. The van der Waals surface area contributed by atoms with Crippen molar-refractivity contribution < 1.29 is 0 Å². The van der Waals surface area contributed by atoms with Crippen LogP contribution in [0.3, 0.4) is 0 Å². The highest BCUT2D eigenvalue weighted by Gasteiger charge is 2.13. The molecule has 0 bridgehead atoms. The van der Waals surface area contributed by atoms with Gasteiger partial charge in [0.05, 0.1) is 0 Å². The Morgan fingerprint density at radius 3 is 2.56 bits per heavy atom. The summed E-state index contributed by atoms with van der Waals surface area (Å²) in [5.74, 6) is 0.881. The fraction of sp³-hybridized carbons (Fsp3) is 0.625. The third-order valence-corrected chi connectivity index (χ3v) is 3.81. The number of nitrogens with one attached hydrogen (secondary N) is 1. The molecule has 2 rings (SSSR count). The predicted octanol–water partition coefficient (Wildman–Crippen LogP) is 3.74. The molecule has 2 nitrogen and oxygen atoms in total. The molecule has 0 saturated heterocycles. The Bertz CT molecular complexity index is 354. The molecule has 0 heterocycles. The van der Waals surface area contributed by atoms with Gasteiger partial charge >= 0.3 is 0 Å². The van der Waals surface area contributed by atoms with Crippen molar-refractivity contribution in [1.29, 1.82) is 0 Å². The summed E-state index contributed by atoms with van der Waals surface area (Å²) in [6, 6.07) is 8.69. The zero-order valence-electron chi connectivity index (χ0n) is 11.8. The molecular formula is C16H26N2. The van der Waals surface area contributed by atoms with Gasteiger partial charge in [0.25, 0.3) is 0 Å². The zero-order chi connectivity index (χ0) is 12.8. The van der Waals surface area contributed by atoms with Crippen molar-refractivity contribution in [3.8, 4) is 0 Å².